The molecule has 0 saturated carbocycles. The Morgan fingerprint density at radius 3 is 2.28 bits per heavy atom. The Hall–Kier alpha value is -3.36. The van der Waals surface area contributed by atoms with E-state index in [1.807, 2.05) is 0 Å². The number of hydrogen-bond acceptors (Lipinski definition) is 5. The average molecular weight is 348 g/mol. The van der Waals surface area contributed by atoms with Gasteiger partial charge in [-0.1, -0.05) is 30.3 Å². The fraction of sp³-hybridized carbons (Fsp3) is 0.250. The van der Waals surface area contributed by atoms with Crippen molar-refractivity contribution in [1.29, 1.82) is 0 Å². The first kappa shape index (κ1) is 18.0. The van der Waals surface area contributed by atoms with Crippen LogP contribution in [0.5, 0.6) is 5.88 Å². The van der Waals surface area contributed by atoms with Gasteiger partial charge in [-0.05, 0) is 12.0 Å². The SMILES string of the molecule is O=C(O)CCC(C(=O)O)n1c(=O)cc(O)n(Cc2ccccc2)c1=O. The van der Waals surface area contributed by atoms with Gasteiger partial charge in [0, 0.05) is 6.42 Å². The number of carbonyl (C=O) groups is 2. The average Bonchev–Trinajstić information content (AvgIpc) is 2.54. The lowest BCUT2D eigenvalue weighted by atomic mass is 10.1. The number of benzene rings is 1. The van der Waals surface area contributed by atoms with Crippen LogP contribution >= 0.6 is 0 Å². The highest BCUT2D eigenvalue weighted by Gasteiger charge is 2.26. The molecule has 1 aromatic heterocycles. The lowest BCUT2D eigenvalue weighted by Gasteiger charge is -2.17. The monoisotopic (exact) mass is 348 g/mol. The fourth-order valence-electron chi connectivity index (χ4n) is 2.40. The Morgan fingerprint density at radius 1 is 1.08 bits per heavy atom. The molecule has 2 rings (SSSR count). The van der Waals surface area contributed by atoms with Gasteiger partial charge < -0.3 is 15.3 Å². The van der Waals surface area contributed by atoms with E-state index >= 15 is 0 Å². The topological polar surface area (TPSA) is 139 Å². The summed E-state index contributed by atoms with van der Waals surface area (Å²) in [6.07, 6.45) is -0.960. The van der Waals surface area contributed by atoms with Gasteiger partial charge in [-0.2, -0.15) is 0 Å². The molecule has 132 valence electrons. The zero-order valence-electron chi connectivity index (χ0n) is 13.0. The molecule has 0 fully saturated rings. The summed E-state index contributed by atoms with van der Waals surface area (Å²) in [6, 6.07) is 7.70. The van der Waals surface area contributed by atoms with E-state index in [0.717, 1.165) is 10.6 Å². The van der Waals surface area contributed by atoms with Gasteiger partial charge in [0.15, 0.2) is 0 Å². The van der Waals surface area contributed by atoms with E-state index in [4.69, 9.17) is 5.11 Å². The summed E-state index contributed by atoms with van der Waals surface area (Å²) in [6.45, 7) is -0.0724. The maximum Gasteiger partial charge on any atom is 0.334 e. The van der Waals surface area contributed by atoms with E-state index in [1.165, 1.54) is 0 Å². The predicted molar refractivity (Wildman–Crippen MR) is 85.7 cm³/mol. The first-order chi connectivity index (χ1) is 11.8. The minimum absolute atomic E-state index is 0.0724. The highest BCUT2D eigenvalue weighted by molar-refractivity contribution is 5.73. The molecule has 1 atom stereocenters. The molecule has 0 saturated heterocycles. The first-order valence-electron chi connectivity index (χ1n) is 7.35. The van der Waals surface area contributed by atoms with Gasteiger partial charge in [-0.15, -0.1) is 0 Å². The van der Waals surface area contributed by atoms with Crippen LogP contribution in [-0.4, -0.2) is 36.4 Å². The molecule has 9 nitrogen and oxygen atoms in total. The Morgan fingerprint density at radius 2 is 1.72 bits per heavy atom. The van der Waals surface area contributed by atoms with Gasteiger partial charge in [0.25, 0.3) is 5.56 Å². The van der Waals surface area contributed by atoms with Crippen molar-refractivity contribution in [2.45, 2.75) is 25.4 Å². The molecular formula is C16H16N2O7. The molecule has 0 aliphatic rings. The van der Waals surface area contributed by atoms with E-state index in [9.17, 15) is 29.4 Å². The fourth-order valence-corrected chi connectivity index (χ4v) is 2.40. The zero-order chi connectivity index (χ0) is 18.6. The summed E-state index contributed by atoms with van der Waals surface area (Å²) >= 11 is 0. The van der Waals surface area contributed by atoms with Crippen molar-refractivity contribution in [1.82, 2.24) is 9.13 Å². The molecule has 25 heavy (non-hydrogen) atoms. The molecule has 0 spiro atoms. The molecule has 1 aromatic carbocycles. The maximum absolute atomic E-state index is 12.6. The van der Waals surface area contributed by atoms with Crippen LogP contribution in [0, 0.1) is 0 Å². The summed E-state index contributed by atoms with van der Waals surface area (Å²) in [4.78, 5) is 46.7. The first-order valence-corrected chi connectivity index (χ1v) is 7.35. The second-order valence-electron chi connectivity index (χ2n) is 5.35. The van der Waals surface area contributed by atoms with Crippen LogP contribution in [0.1, 0.15) is 24.4 Å². The number of rotatable bonds is 7. The molecule has 0 aliphatic carbocycles. The molecule has 0 amide bonds. The summed E-state index contributed by atoms with van der Waals surface area (Å²) in [5.74, 6) is -3.35. The van der Waals surface area contributed by atoms with Gasteiger partial charge >= 0.3 is 17.6 Å². The van der Waals surface area contributed by atoms with Crippen molar-refractivity contribution < 1.29 is 24.9 Å². The third-order valence-electron chi connectivity index (χ3n) is 3.62. The van der Waals surface area contributed by atoms with Gasteiger partial charge in [-0.3, -0.25) is 14.2 Å². The molecule has 1 unspecified atom stereocenters. The van der Waals surface area contributed by atoms with E-state index < -0.39 is 48.0 Å². The van der Waals surface area contributed by atoms with Gasteiger partial charge in [0.05, 0.1) is 12.6 Å². The van der Waals surface area contributed by atoms with Gasteiger partial charge in [-0.25, -0.2) is 14.2 Å². The minimum Gasteiger partial charge on any atom is -0.494 e. The van der Waals surface area contributed by atoms with E-state index in [0.29, 0.717) is 10.1 Å². The normalized spacial score (nSPS) is 11.8. The van der Waals surface area contributed by atoms with Crippen LogP contribution in [0.4, 0.5) is 0 Å². The van der Waals surface area contributed by atoms with E-state index in [2.05, 4.69) is 0 Å². The quantitative estimate of drug-likeness (QED) is 0.652. The summed E-state index contributed by atoms with van der Waals surface area (Å²) < 4.78 is 1.31. The summed E-state index contributed by atoms with van der Waals surface area (Å²) in [7, 11) is 0. The number of carboxylic acid groups (broad SMARTS) is 2. The molecule has 0 bridgehead atoms. The van der Waals surface area contributed by atoms with Gasteiger partial charge in [0.1, 0.15) is 6.04 Å². The standard InChI is InChI=1S/C16H16N2O7/c19-12-8-13(20)18(11(15(23)24)6-7-14(21)22)16(25)17(12)9-10-4-2-1-3-5-10/h1-5,8,11,19H,6-7,9H2,(H,21,22)(H,23,24). The van der Waals surface area contributed by atoms with Crippen LogP contribution < -0.4 is 11.2 Å². The zero-order valence-corrected chi connectivity index (χ0v) is 13.0. The van der Waals surface area contributed by atoms with Crippen molar-refractivity contribution in [3.05, 3.63) is 62.8 Å². The lowest BCUT2D eigenvalue weighted by Crippen LogP contribution is -2.44. The van der Waals surface area contributed by atoms with Crippen molar-refractivity contribution in [2.75, 3.05) is 0 Å². The molecule has 3 N–H and O–H groups in total. The van der Waals surface area contributed by atoms with Crippen LogP contribution in [0.25, 0.3) is 0 Å². The lowest BCUT2D eigenvalue weighted by molar-refractivity contribution is -0.142. The molecule has 0 aliphatic heterocycles. The number of nitrogens with zero attached hydrogens (tertiary/aromatic N) is 2. The molecule has 1 heterocycles. The molecular weight excluding hydrogens is 332 g/mol. The van der Waals surface area contributed by atoms with E-state index in [1.54, 1.807) is 30.3 Å². The number of hydrogen-bond donors (Lipinski definition) is 3. The second kappa shape index (κ2) is 7.47. The highest BCUT2D eigenvalue weighted by Crippen LogP contribution is 2.13. The molecule has 0 radical (unpaired) electrons. The Kier molecular flexibility index (Phi) is 5.38. The third kappa shape index (κ3) is 4.14. The Balaban J connectivity index is 2.52. The Labute approximate surface area is 141 Å². The summed E-state index contributed by atoms with van der Waals surface area (Å²) in [5, 5.41) is 27.9. The van der Waals surface area contributed by atoms with Crippen LogP contribution in [0.3, 0.4) is 0 Å². The van der Waals surface area contributed by atoms with Crippen LogP contribution in [0.2, 0.25) is 0 Å². The van der Waals surface area contributed by atoms with Crippen molar-refractivity contribution in [2.24, 2.45) is 0 Å². The predicted octanol–water partition coefficient (Wildman–Crippen LogP) is 0.254. The van der Waals surface area contributed by atoms with Crippen molar-refractivity contribution in [3.8, 4) is 5.88 Å². The molecule has 9 heteroatoms. The molecule has 2 aromatic rings. The largest absolute Gasteiger partial charge is 0.494 e. The van der Waals surface area contributed by atoms with Gasteiger partial charge in [0.2, 0.25) is 5.88 Å². The number of aliphatic carboxylic acids is 2. The smallest absolute Gasteiger partial charge is 0.334 e. The minimum atomic E-state index is -1.64. The van der Waals surface area contributed by atoms with Crippen LogP contribution in [0.15, 0.2) is 46.0 Å². The van der Waals surface area contributed by atoms with E-state index in [-0.39, 0.29) is 6.54 Å². The number of aromatic nitrogens is 2. The third-order valence-corrected chi connectivity index (χ3v) is 3.62. The second-order valence-corrected chi connectivity index (χ2v) is 5.35. The number of carboxylic acids is 2. The number of aromatic hydroxyl groups is 1. The van der Waals surface area contributed by atoms with Crippen molar-refractivity contribution >= 4 is 11.9 Å². The van der Waals surface area contributed by atoms with Crippen LogP contribution in [-0.2, 0) is 16.1 Å². The maximum atomic E-state index is 12.6. The summed E-state index contributed by atoms with van der Waals surface area (Å²) in [5.41, 5.74) is -1.38. The van der Waals surface area contributed by atoms with Crippen molar-refractivity contribution in [3.63, 3.8) is 0 Å². The Bertz CT molecular complexity index is 899. The highest BCUT2D eigenvalue weighted by atomic mass is 16.4.